The van der Waals surface area contributed by atoms with Gasteiger partial charge in [0.25, 0.3) is 0 Å². The molecule has 102 valence electrons. The van der Waals surface area contributed by atoms with Gasteiger partial charge < -0.3 is 4.90 Å². The molecule has 2 nitrogen and oxygen atoms in total. The molecule has 0 aliphatic heterocycles. The van der Waals surface area contributed by atoms with Gasteiger partial charge in [0.1, 0.15) is 0 Å². The quantitative estimate of drug-likeness (QED) is 0.600. The third-order valence-electron chi connectivity index (χ3n) is 3.28. The van der Waals surface area contributed by atoms with Crippen LogP contribution in [0.5, 0.6) is 0 Å². The fourth-order valence-corrected chi connectivity index (χ4v) is 2.01. The lowest BCUT2D eigenvalue weighted by molar-refractivity contribution is 0.104. The highest BCUT2D eigenvalue weighted by Crippen LogP contribution is 2.20. The van der Waals surface area contributed by atoms with Crippen LogP contribution in [0.25, 0.3) is 6.08 Å². The summed E-state index contributed by atoms with van der Waals surface area (Å²) in [4.78, 5) is 14.4. The Hall–Kier alpha value is -2.35. The number of benzene rings is 2. The molecule has 0 aromatic heterocycles. The van der Waals surface area contributed by atoms with Gasteiger partial charge >= 0.3 is 0 Å². The molecular weight excluding hydrogens is 246 g/mol. The van der Waals surface area contributed by atoms with Crippen LogP contribution in [0, 0.1) is 0 Å². The van der Waals surface area contributed by atoms with Crippen molar-refractivity contribution in [1.82, 2.24) is 0 Å². The van der Waals surface area contributed by atoms with E-state index < -0.39 is 0 Å². The van der Waals surface area contributed by atoms with E-state index in [-0.39, 0.29) is 5.78 Å². The number of nitrogens with zero attached hydrogens (tertiary/aromatic N) is 1. The topological polar surface area (TPSA) is 20.3 Å². The van der Waals surface area contributed by atoms with Crippen LogP contribution in [-0.2, 0) is 0 Å². The van der Waals surface area contributed by atoms with Crippen molar-refractivity contribution in [3.63, 3.8) is 0 Å². The van der Waals surface area contributed by atoms with Crippen molar-refractivity contribution in [3.8, 4) is 0 Å². The average Bonchev–Trinajstić information content (AvgIpc) is 2.52. The van der Waals surface area contributed by atoms with E-state index in [9.17, 15) is 4.79 Å². The van der Waals surface area contributed by atoms with Gasteiger partial charge in [0.2, 0.25) is 0 Å². The highest BCUT2D eigenvalue weighted by atomic mass is 16.1. The van der Waals surface area contributed by atoms with Gasteiger partial charge in [0.15, 0.2) is 5.78 Å². The predicted octanol–water partition coefficient (Wildman–Crippen LogP) is 4.04. The first kappa shape index (κ1) is 14.1. The van der Waals surface area contributed by atoms with E-state index >= 15 is 0 Å². The summed E-state index contributed by atoms with van der Waals surface area (Å²) in [6.07, 6.45) is 3.49. The molecule has 0 atom stereocenters. The molecule has 2 heteroatoms. The maximum atomic E-state index is 12.3. The zero-order valence-corrected chi connectivity index (χ0v) is 11.9. The number of allylic oxidation sites excluding steroid dienone is 1. The minimum atomic E-state index is 0.0322. The third kappa shape index (κ3) is 3.35. The molecule has 0 saturated heterocycles. The van der Waals surface area contributed by atoms with Gasteiger partial charge in [-0.25, -0.2) is 0 Å². The molecule has 0 radical (unpaired) electrons. The lowest BCUT2D eigenvalue weighted by atomic mass is 10.1. The van der Waals surface area contributed by atoms with Gasteiger partial charge in [0, 0.05) is 24.8 Å². The molecule has 0 amide bonds. The van der Waals surface area contributed by atoms with E-state index in [2.05, 4.69) is 11.8 Å². The summed E-state index contributed by atoms with van der Waals surface area (Å²) in [7, 11) is 1.99. The summed E-state index contributed by atoms with van der Waals surface area (Å²) in [6.45, 7) is 2.94. The van der Waals surface area contributed by atoms with Crippen LogP contribution in [0.2, 0.25) is 0 Å². The first-order valence-electron chi connectivity index (χ1n) is 6.80. The van der Waals surface area contributed by atoms with Crippen LogP contribution in [0.4, 0.5) is 5.69 Å². The number of ketones is 1. The maximum Gasteiger partial charge on any atom is 0.187 e. The van der Waals surface area contributed by atoms with Crippen molar-refractivity contribution >= 4 is 17.5 Å². The first-order valence-corrected chi connectivity index (χ1v) is 6.80. The fourth-order valence-electron chi connectivity index (χ4n) is 2.01. The van der Waals surface area contributed by atoms with Crippen LogP contribution >= 0.6 is 0 Å². The van der Waals surface area contributed by atoms with Crippen LogP contribution in [0.15, 0.2) is 60.7 Å². The van der Waals surface area contributed by atoms with Crippen molar-refractivity contribution in [2.45, 2.75) is 6.92 Å². The Kier molecular flexibility index (Phi) is 4.72. The SMILES string of the molecule is CCN(C)c1ccccc1C(=O)/C=C/c1ccccc1. The van der Waals surface area contributed by atoms with Crippen LogP contribution in [-0.4, -0.2) is 19.4 Å². The summed E-state index contributed by atoms with van der Waals surface area (Å²) in [6, 6.07) is 17.6. The van der Waals surface area contributed by atoms with E-state index in [4.69, 9.17) is 0 Å². The zero-order chi connectivity index (χ0) is 14.4. The molecule has 0 heterocycles. The standard InChI is InChI=1S/C18H19NO/c1-3-19(2)17-12-8-7-11-16(17)18(20)14-13-15-9-5-4-6-10-15/h4-14H,3H2,1-2H3/b14-13+. The highest BCUT2D eigenvalue weighted by molar-refractivity contribution is 6.10. The number of hydrogen-bond donors (Lipinski definition) is 0. The van der Waals surface area contributed by atoms with Gasteiger partial charge in [-0.2, -0.15) is 0 Å². The molecule has 0 spiro atoms. The summed E-state index contributed by atoms with van der Waals surface area (Å²) >= 11 is 0. The Morgan fingerprint density at radius 1 is 1.05 bits per heavy atom. The Morgan fingerprint density at radius 2 is 1.70 bits per heavy atom. The number of anilines is 1. The summed E-state index contributed by atoms with van der Waals surface area (Å²) in [5.74, 6) is 0.0322. The van der Waals surface area contributed by atoms with Gasteiger partial charge in [-0.05, 0) is 30.7 Å². The third-order valence-corrected chi connectivity index (χ3v) is 3.28. The molecule has 0 saturated carbocycles. The van der Waals surface area contributed by atoms with Crippen molar-refractivity contribution < 1.29 is 4.79 Å². The summed E-state index contributed by atoms with van der Waals surface area (Å²) in [5, 5.41) is 0. The molecular formula is C18H19NO. The van der Waals surface area contributed by atoms with E-state index in [1.165, 1.54) is 0 Å². The molecule has 0 aliphatic carbocycles. The molecule has 0 N–H and O–H groups in total. The van der Waals surface area contributed by atoms with Crippen molar-refractivity contribution in [1.29, 1.82) is 0 Å². The van der Waals surface area contributed by atoms with E-state index in [1.807, 2.05) is 67.7 Å². The smallest absolute Gasteiger partial charge is 0.187 e. The molecule has 2 rings (SSSR count). The van der Waals surface area contributed by atoms with Gasteiger partial charge in [-0.15, -0.1) is 0 Å². The lowest BCUT2D eigenvalue weighted by Gasteiger charge is -2.19. The second-order valence-corrected chi connectivity index (χ2v) is 4.64. The Balaban J connectivity index is 2.24. The van der Waals surface area contributed by atoms with Crippen molar-refractivity contribution in [3.05, 3.63) is 71.8 Å². The van der Waals surface area contributed by atoms with Crippen LogP contribution < -0.4 is 4.90 Å². The maximum absolute atomic E-state index is 12.3. The first-order chi connectivity index (χ1) is 9.72. The van der Waals surface area contributed by atoms with Gasteiger partial charge in [-0.1, -0.05) is 48.5 Å². The number of carbonyl (C=O) groups is 1. The number of carbonyl (C=O) groups excluding carboxylic acids is 1. The molecule has 0 aliphatic rings. The normalized spacial score (nSPS) is 10.7. The second-order valence-electron chi connectivity index (χ2n) is 4.64. The van der Waals surface area contributed by atoms with Gasteiger partial charge in [0.05, 0.1) is 0 Å². The predicted molar refractivity (Wildman–Crippen MR) is 85.2 cm³/mol. The zero-order valence-electron chi connectivity index (χ0n) is 11.9. The Bertz CT molecular complexity index is 602. The van der Waals surface area contributed by atoms with Crippen molar-refractivity contribution in [2.75, 3.05) is 18.5 Å². The Labute approximate surface area is 120 Å². The molecule has 0 unspecified atom stereocenters. The molecule has 20 heavy (non-hydrogen) atoms. The number of rotatable bonds is 5. The molecule has 2 aromatic rings. The molecule has 0 bridgehead atoms. The van der Waals surface area contributed by atoms with Crippen LogP contribution in [0.1, 0.15) is 22.8 Å². The highest BCUT2D eigenvalue weighted by Gasteiger charge is 2.10. The minimum absolute atomic E-state index is 0.0322. The second kappa shape index (κ2) is 6.71. The van der Waals surface area contributed by atoms with Gasteiger partial charge in [-0.3, -0.25) is 4.79 Å². The van der Waals surface area contributed by atoms with Crippen LogP contribution in [0.3, 0.4) is 0 Å². The summed E-state index contributed by atoms with van der Waals surface area (Å²) in [5.41, 5.74) is 2.74. The molecule has 2 aromatic carbocycles. The summed E-state index contributed by atoms with van der Waals surface area (Å²) < 4.78 is 0. The number of para-hydroxylation sites is 1. The molecule has 0 fully saturated rings. The Morgan fingerprint density at radius 3 is 2.40 bits per heavy atom. The minimum Gasteiger partial charge on any atom is -0.374 e. The largest absolute Gasteiger partial charge is 0.374 e. The number of hydrogen-bond acceptors (Lipinski definition) is 2. The van der Waals surface area contributed by atoms with E-state index in [0.717, 1.165) is 23.4 Å². The van der Waals surface area contributed by atoms with E-state index in [0.29, 0.717) is 0 Å². The van der Waals surface area contributed by atoms with Crippen molar-refractivity contribution in [2.24, 2.45) is 0 Å². The fraction of sp³-hybridized carbons (Fsp3) is 0.167. The lowest BCUT2D eigenvalue weighted by Crippen LogP contribution is -2.18. The monoisotopic (exact) mass is 265 g/mol. The average molecular weight is 265 g/mol. The van der Waals surface area contributed by atoms with E-state index in [1.54, 1.807) is 6.08 Å².